The number of anilines is 1. The molecule has 14 heavy (non-hydrogen) atoms. The van der Waals surface area contributed by atoms with Crippen LogP contribution in [0, 0.1) is 6.92 Å². The standard InChI is InChI=1S/C10H18N4/c1-9-5-8-13-10(14-9)12-7-4-2-3-6-11/h5,8H,2-4,6-7,11H2,1H3,(H,12,13,14). The van der Waals surface area contributed by atoms with Crippen molar-refractivity contribution in [1.29, 1.82) is 0 Å². The third-order valence-electron chi connectivity index (χ3n) is 1.96. The van der Waals surface area contributed by atoms with Gasteiger partial charge < -0.3 is 11.1 Å². The molecular weight excluding hydrogens is 176 g/mol. The maximum atomic E-state index is 5.40. The summed E-state index contributed by atoms with van der Waals surface area (Å²) in [6.07, 6.45) is 5.14. The lowest BCUT2D eigenvalue weighted by atomic mass is 10.2. The van der Waals surface area contributed by atoms with E-state index < -0.39 is 0 Å². The van der Waals surface area contributed by atoms with Crippen LogP contribution in [0.15, 0.2) is 12.3 Å². The van der Waals surface area contributed by atoms with Gasteiger partial charge in [-0.2, -0.15) is 0 Å². The minimum absolute atomic E-state index is 0.720. The predicted octanol–water partition coefficient (Wildman–Crippen LogP) is 1.33. The van der Waals surface area contributed by atoms with Crippen molar-refractivity contribution in [2.75, 3.05) is 18.4 Å². The van der Waals surface area contributed by atoms with Crippen LogP contribution in [0.25, 0.3) is 0 Å². The molecule has 1 heterocycles. The van der Waals surface area contributed by atoms with Crippen LogP contribution in [-0.2, 0) is 0 Å². The number of nitrogens with one attached hydrogen (secondary N) is 1. The van der Waals surface area contributed by atoms with E-state index in [-0.39, 0.29) is 0 Å². The van der Waals surface area contributed by atoms with Gasteiger partial charge in [0.2, 0.25) is 5.95 Å². The summed E-state index contributed by atoms with van der Waals surface area (Å²) in [6, 6.07) is 1.89. The van der Waals surface area contributed by atoms with E-state index in [2.05, 4.69) is 15.3 Å². The fourth-order valence-corrected chi connectivity index (χ4v) is 1.18. The Bertz CT molecular complexity index is 262. The molecule has 0 unspecified atom stereocenters. The second-order valence-electron chi connectivity index (χ2n) is 3.30. The molecule has 0 aliphatic heterocycles. The molecule has 0 spiro atoms. The van der Waals surface area contributed by atoms with E-state index in [0.29, 0.717) is 0 Å². The Balaban J connectivity index is 2.18. The molecule has 1 aromatic heterocycles. The minimum Gasteiger partial charge on any atom is -0.354 e. The van der Waals surface area contributed by atoms with Crippen LogP contribution in [0.2, 0.25) is 0 Å². The van der Waals surface area contributed by atoms with Gasteiger partial charge in [-0.3, -0.25) is 0 Å². The first-order valence-electron chi connectivity index (χ1n) is 5.06. The van der Waals surface area contributed by atoms with Gasteiger partial charge in [-0.1, -0.05) is 6.42 Å². The molecule has 0 aromatic carbocycles. The molecule has 78 valence electrons. The smallest absolute Gasteiger partial charge is 0.222 e. The number of rotatable bonds is 6. The first kappa shape index (κ1) is 10.9. The quantitative estimate of drug-likeness (QED) is 0.670. The lowest BCUT2D eigenvalue weighted by Crippen LogP contribution is -2.06. The molecule has 0 fully saturated rings. The van der Waals surface area contributed by atoms with Crippen LogP contribution in [-0.4, -0.2) is 23.1 Å². The number of unbranched alkanes of at least 4 members (excludes halogenated alkanes) is 2. The molecular formula is C10H18N4. The number of hydrogen-bond acceptors (Lipinski definition) is 4. The third-order valence-corrected chi connectivity index (χ3v) is 1.96. The van der Waals surface area contributed by atoms with E-state index >= 15 is 0 Å². The zero-order chi connectivity index (χ0) is 10.2. The summed E-state index contributed by atoms with van der Waals surface area (Å²) in [5.74, 6) is 0.720. The van der Waals surface area contributed by atoms with E-state index in [1.54, 1.807) is 6.20 Å². The highest BCUT2D eigenvalue weighted by atomic mass is 15.1. The van der Waals surface area contributed by atoms with Gasteiger partial charge in [-0.05, 0) is 32.4 Å². The summed E-state index contributed by atoms with van der Waals surface area (Å²) < 4.78 is 0. The van der Waals surface area contributed by atoms with E-state index in [1.807, 2.05) is 13.0 Å². The van der Waals surface area contributed by atoms with Crippen LogP contribution >= 0.6 is 0 Å². The first-order chi connectivity index (χ1) is 6.83. The summed E-state index contributed by atoms with van der Waals surface area (Å²) >= 11 is 0. The third kappa shape index (κ3) is 4.18. The van der Waals surface area contributed by atoms with Gasteiger partial charge in [-0.25, -0.2) is 9.97 Å². The molecule has 3 N–H and O–H groups in total. The minimum atomic E-state index is 0.720. The van der Waals surface area contributed by atoms with Gasteiger partial charge in [0.05, 0.1) is 0 Å². The van der Waals surface area contributed by atoms with Gasteiger partial charge in [0, 0.05) is 18.4 Å². The molecule has 1 rings (SSSR count). The van der Waals surface area contributed by atoms with E-state index in [9.17, 15) is 0 Å². The topological polar surface area (TPSA) is 63.8 Å². The van der Waals surface area contributed by atoms with Crippen LogP contribution < -0.4 is 11.1 Å². The maximum absolute atomic E-state index is 5.40. The van der Waals surface area contributed by atoms with E-state index in [4.69, 9.17) is 5.73 Å². The van der Waals surface area contributed by atoms with Crippen molar-refractivity contribution in [1.82, 2.24) is 9.97 Å². The van der Waals surface area contributed by atoms with Crippen LogP contribution in [0.3, 0.4) is 0 Å². The molecule has 0 saturated carbocycles. The highest BCUT2D eigenvalue weighted by Crippen LogP contribution is 2.00. The Labute approximate surface area is 85.0 Å². The predicted molar refractivity (Wildman–Crippen MR) is 58.2 cm³/mol. The van der Waals surface area contributed by atoms with Crippen molar-refractivity contribution in [2.24, 2.45) is 5.73 Å². The zero-order valence-corrected chi connectivity index (χ0v) is 8.66. The molecule has 0 aliphatic carbocycles. The van der Waals surface area contributed by atoms with E-state index in [1.165, 1.54) is 0 Å². The highest BCUT2D eigenvalue weighted by Gasteiger charge is 1.94. The summed E-state index contributed by atoms with van der Waals surface area (Å²) in [5.41, 5.74) is 6.39. The summed E-state index contributed by atoms with van der Waals surface area (Å²) in [4.78, 5) is 8.35. The van der Waals surface area contributed by atoms with Gasteiger partial charge in [-0.15, -0.1) is 0 Å². The van der Waals surface area contributed by atoms with Crippen molar-refractivity contribution in [2.45, 2.75) is 26.2 Å². The Morgan fingerprint density at radius 3 is 2.93 bits per heavy atom. The molecule has 4 nitrogen and oxygen atoms in total. The fourth-order valence-electron chi connectivity index (χ4n) is 1.18. The number of aromatic nitrogens is 2. The lowest BCUT2D eigenvalue weighted by Gasteiger charge is -2.04. The van der Waals surface area contributed by atoms with Crippen LogP contribution in [0.4, 0.5) is 5.95 Å². The van der Waals surface area contributed by atoms with Gasteiger partial charge in [0.15, 0.2) is 0 Å². The van der Waals surface area contributed by atoms with Crippen molar-refractivity contribution in [3.8, 4) is 0 Å². The Kier molecular flexibility index (Phi) is 4.93. The number of nitrogens with zero attached hydrogens (tertiary/aromatic N) is 2. The average Bonchev–Trinajstić information content (AvgIpc) is 2.18. The van der Waals surface area contributed by atoms with Gasteiger partial charge in [0.25, 0.3) is 0 Å². The fraction of sp³-hybridized carbons (Fsp3) is 0.600. The van der Waals surface area contributed by atoms with Crippen LogP contribution in [0.5, 0.6) is 0 Å². The van der Waals surface area contributed by atoms with Crippen molar-refractivity contribution < 1.29 is 0 Å². The molecule has 0 amide bonds. The average molecular weight is 194 g/mol. The summed E-state index contributed by atoms with van der Waals surface area (Å²) in [6.45, 7) is 3.66. The molecule has 0 atom stereocenters. The zero-order valence-electron chi connectivity index (χ0n) is 8.66. The largest absolute Gasteiger partial charge is 0.354 e. The second kappa shape index (κ2) is 6.32. The normalized spacial score (nSPS) is 10.1. The monoisotopic (exact) mass is 194 g/mol. The molecule has 0 aliphatic rings. The van der Waals surface area contributed by atoms with Crippen molar-refractivity contribution >= 4 is 5.95 Å². The Morgan fingerprint density at radius 2 is 2.21 bits per heavy atom. The first-order valence-corrected chi connectivity index (χ1v) is 5.06. The second-order valence-corrected chi connectivity index (χ2v) is 3.30. The molecule has 4 heteroatoms. The summed E-state index contributed by atoms with van der Waals surface area (Å²) in [5, 5.41) is 3.18. The Morgan fingerprint density at radius 1 is 1.36 bits per heavy atom. The lowest BCUT2D eigenvalue weighted by molar-refractivity contribution is 0.705. The van der Waals surface area contributed by atoms with Crippen molar-refractivity contribution in [3.05, 3.63) is 18.0 Å². The van der Waals surface area contributed by atoms with Crippen LogP contribution in [0.1, 0.15) is 25.0 Å². The van der Waals surface area contributed by atoms with Gasteiger partial charge >= 0.3 is 0 Å². The van der Waals surface area contributed by atoms with Crippen molar-refractivity contribution in [3.63, 3.8) is 0 Å². The number of nitrogens with two attached hydrogens (primary N) is 1. The molecule has 0 bridgehead atoms. The molecule has 0 saturated heterocycles. The van der Waals surface area contributed by atoms with E-state index in [0.717, 1.165) is 44.0 Å². The summed E-state index contributed by atoms with van der Waals surface area (Å²) in [7, 11) is 0. The maximum Gasteiger partial charge on any atom is 0.222 e. The van der Waals surface area contributed by atoms with Gasteiger partial charge in [0.1, 0.15) is 0 Å². The molecule has 1 aromatic rings. The highest BCUT2D eigenvalue weighted by molar-refractivity contribution is 5.24. The number of aryl methyl sites for hydroxylation is 1. The molecule has 0 radical (unpaired) electrons. The Hall–Kier alpha value is -1.16. The number of hydrogen-bond donors (Lipinski definition) is 2. The SMILES string of the molecule is Cc1ccnc(NCCCCCN)n1.